The second-order valence-electron chi connectivity index (χ2n) is 3.34. The van der Waals surface area contributed by atoms with Gasteiger partial charge in [0.15, 0.2) is 5.78 Å². The number of carbonyl (C=O) groups is 1. The molecule has 0 bridgehead atoms. The van der Waals surface area contributed by atoms with Crippen molar-refractivity contribution in [3.63, 3.8) is 0 Å². The average Bonchev–Trinajstić information content (AvgIpc) is 2.70. The van der Waals surface area contributed by atoms with Crippen LogP contribution in [0.25, 0.3) is 10.4 Å². The fourth-order valence-corrected chi connectivity index (χ4v) is 2.88. The number of hydrogen-bond acceptors (Lipinski definition) is 2. The second kappa shape index (κ2) is 4.47. The Bertz CT molecular complexity index is 548. The Balaban J connectivity index is 2.50. The molecule has 0 spiro atoms. The maximum absolute atomic E-state index is 13.1. The number of carbonyl (C=O) groups excluding carboxylic acids is 1. The van der Waals surface area contributed by atoms with Gasteiger partial charge < -0.3 is 0 Å². The summed E-state index contributed by atoms with van der Waals surface area (Å²) in [5.41, 5.74) is 0.775. The van der Waals surface area contributed by atoms with Crippen LogP contribution in [0.4, 0.5) is 4.39 Å². The minimum atomic E-state index is -0.282. The highest BCUT2D eigenvalue weighted by atomic mass is 79.9. The first-order chi connectivity index (χ1) is 7.58. The van der Waals surface area contributed by atoms with Crippen LogP contribution in [-0.4, -0.2) is 5.78 Å². The molecule has 0 fully saturated rings. The van der Waals surface area contributed by atoms with Crippen LogP contribution in [0.5, 0.6) is 0 Å². The van der Waals surface area contributed by atoms with Crippen molar-refractivity contribution in [2.75, 3.05) is 0 Å². The maximum atomic E-state index is 13.1. The third kappa shape index (κ3) is 2.23. The lowest BCUT2D eigenvalue weighted by molar-refractivity contribution is 0.102. The summed E-state index contributed by atoms with van der Waals surface area (Å²) in [7, 11) is 0. The van der Waals surface area contributed by atoms with Crippen molar-refractivity contribution < 1.29 is 9.18 Å². The molecule has 0 aliphatic carbocycles. The standard InChI is InChI=1S/C12H8BrFOS/c1-7(15)11-4-5-12(16-11)9-6-8(14)2-3-10(9)13/h2-6H,1H3. The number of hydrogen-bond donors (Lipinski definition) is 0. The zero-order valence-electron chi connectivity index (χ0n) is 8.46. The van der Waals surface area contributed by atoms with Crippen LogP contribution in [0, 0.1) is 5.82 Å². The first-order valence-electron chi connectivity index (χ1n) is 4.64. The van der Waals surface area contributed by atoms with Gasteiger partial charge in [-0.3, -0.25) is 4.79 Å². The van der Waals surface area contributed by atoms with Crippen molar-refractivity contribution >= 4 is 33.0 Å². The van der Waals surface area contributed by atoms with E-state index in [9.17, 15) is 9.18 Å². The molecule has 4 heteroatoms. The summed E-state index contributed by atoms with van der Waals surface area (Å²) in [5.74, 6) is -0.250. The van der Waals surface area contributed by atoms with E-state index in [0.717, 1.165) is 14.9 Å². The van der Waals surface area contributed by atoms with Gasteiger partial charge in [-0.2, -0.15) is 0 Å². The third-order valence-corrected chi connectivity index (χ3v) is 4.06. The predicted octanol–water partition coefficient (Wildman–Crippen LogP) is 4.52. The van der Waals surface area contributed by atoms with E-state index in [2.05, 4.69) is 15.9 Å². The Morgan fingerprint density at radius 3 is 2.69 bits per heavy atom. The van der Waals surface area contributed by atoms with E-state index in [1.54, 1.807) is 12.1 Å². The molecule has 0 amide bonds. The highest BCUT2D eigenvalue weighted by Crippen LogP contribution is 2.34. The first kappa shape index (κ1) is 11.5. The van der Waals surface area contributed by atoms with Gasteiger partial charge in [0.05, 0.1) is 4.88 Å². The van der Waals surface area contributed by atoms with Gasteiger partial charge in [0.1, 0.15) is 5.82 Å². The quantitative estimate of drug-likeness (QED) is 0.745. The largest absolute Gasteiger partial charge is 0.294 e. The molecule has 0 saturated heterocycles. The normalized spacial score (nSPS) is 10.4. The number of halogens is 2. The number of rotatable bonds is 2. The van der Waals surface area contributed by atoms with E-state index in [-0.39, 0.29) is 11.6 Å². The molecular weight excluding hydrogens is 291 g/mol. The number of benzene rings is 1. The van der Waals surface area contributed by atoms with E-state index < -0.39 is 0 Å². The van der Waals surface area contributed by atoms with E-state index in [0.29, 0.717) is 4.88 Å². The summed E-state index contributed by atoms with van der Waals surface area (Å²) >= 11 is 4.74. The number of Topliss-reactive ketones (excluding diaryl/α,β-unsaturated/α-hetero) is 1. The van der Waals surface area contributed by atoms with Crippen molar-refractivity contribution in [1.82, 2.24) is 0 Å². The third-order valence-electron chi connectivity index (χ3n) is 2.15. The topological polar surface area (TPSA) is 17.1 Å². The van der Waals surface area contributed by atoms with Crippen molar-refractivity contribution in [2.45, 2.75) is 6.92 Å². The van der Waals surface area contributed by atoms with E-state index in [1.165, 1.54) is 30.4 Å². The van der Waals surface area contributed by atoms with Crippen LogP contribution in [-0.2, 0) is 0 Å². The molecule has 1 aromatic carbocycles. The molecule has 0 aliphatic rings. The molecule has 82 valence electrons. The molecule has 0 unspecified atom stereocenters. The van der Waals surface area contributed by atoms with Crippen LogP contribution in [0.3, 0.4) is 0 Å². The molecular formula is C12H8BrFOS. The van der Waals surface area contributed by atoms with Gasteiger partial charge >= 0.3 is 0 Å². The second-order valence-corrected chi connectivity index (χ2v) is 5.28. The van der Waals surface area contributed by atoms with E-state index in [4.69, 9.17) is 0 Å². The lowest BCUT2D eigenvalue weighted by Gasteiger charge is -2.01. The van der Waals surface area contributed by atoms with Crippen LogP contribution in [0.1, 0.15) is 16.6 Å². The SMILES string of the molecule is CC(=O)c1ccc(-c2cc(F)ccc2Br)s1. The molecule has 2 rings (SSSR count). The monoisotopic (exact) mass is 298 g/mol. The number of ketones is 1. The molecule has 0 saturated carbocycles. The van der Waals surface area contributed by atoms with Gasteiger partial charge in [-0.05, 0) is 37.3 Å². The van der Waals surface area contributed by atoms with E-state index >= 15 is 0 Å². The highest BCUT2D eigenvalue weighted by Gasteiger charge is 2.09. The van der Waals surface area contributed by atoms with Crippen molar-refractivity contribution in [3.05, 3.63) is 45.5 Å². The summed E-state index contributed by atoms with van der Waals surface area (Å²) in [5, 5.41) is 0. The van der Waals surface area contributed by atoms with Crippen molar-refractivity contribution in [2.24, 2.45) is 0 Å². The molecule has 1 nitrogen and oxygen atoms in total. The molecule has 1 heterocycles. The van der Waals surface area contributed by atoms with Gasteiger partial charge in [-0.25, -0.2) is 4.39 Å². The fourth-order valence-electron chi connectivity index (χ4n) is 1.36. The zero-order chi connectivity index (χ0) is 11.7. The Kier molecular flexibility index (Phi) is 3.21. The van der Waals surface area contributed by atoms with Crippen molar-refractivity contribution in [1.29, 1.82) is 0 Å². The Labute approximate surface area is 105 Å². The fraction of sp³-hybridized carbons (Fsp3) is 0.0833. The van der Waals surface area contributed by atoms with Gasteiger partial charge in [-0.1, -0.05) is 15.9 Å². The Morgan fingerprint density at radius 2 is 2.06 bits per heavy atom. The summed E-state index contributed by atoms with van der Waals surface area (Å²) in [4.78, 5) is 12.7. The minimum Gasteiger partial charge on any atom is -0.294 e. The maximum Gasteiger partial charge on any atom is 0.169 e. The lowest BCUT2D eigenvalue weighted by Crippen LogP contribution is -1.83. The molecule has 16 heavy (non-hydrogen) atoms. The van der Waals surface area contributed by atoms with Crippen LogP contribution < -0.4 is 0 Å². The minimum absolute atomic E-state index is 0.0313. The first-order valence-corrected chi connectivity index (χ1v) is 6.25. The van der Waals surface area contributed by atoms with Gasteiger partial charge in [-0.15, -0.1) is 11.3 Å². The Hall–Kier alpha value is -1.00. The van der Waals surface area contributed by atoms with Crippen LogP contribution in [0.2, 0.25) is 0 Å². The predicted molar refractivity (Wildman–Crippen MR) is 67.4 cm³/mol. The van der Waals surface area contributed by atoms with Gasteiger partial charge in [0.25, 0.3) is 0 Å². The zero-order valence-corrected chi connectivity index (χ0v) is 10.9. The summed E-state index contributed by atoms with van der Waals surface area (Å²) in [6, 6.07) is 8.12. The molecule has 0 N–H and O–H groups in total. The summed E-state index contributed by atoms with van der Waals surface area (Å²) in [6.45, 7) is 1.52. The van der Waals surface area contributed by atoms with Crippen molar-refractivity contribution in [3.8, 4) is 10.4 Å². The van der Waals surface area contributed by atoms with Gasteiger partial charge in [0.2, 0.25) is 0 Å². The lowest BCUT2D eigenvalue weighted by atomic mass is 10.2. The van der Waals surface area contributed by atoms with Crippen LogP contribution in [0.15, 0.2) is 34.8 Å². The Morgan fingerprint density at radius 1 is 1.31 bits per heavy atom. The molecule has 1 aromatic heterocycles. The van der Waals surface area contributed by atoms with Gasteiger partial charge in [0, 0.05) is 14.9 Å². The molecule has 0 atom stereocenters. The summed E-state index contributed by atoms with van der Waals surface area (Å²) < 4.78 is 13.9. The smallest absolute Gasteiger partial charge is 0.169 e. The molecule has 0 aliphatic heterocycles. The molecule has 2 aromatic rings. The molecule has 0 radical (unpaired) electrons. The average molecular weight is 299 g/mol. The summed E-state index contributed by atoms with van der Waals surface area (Å²) in [6.07, 6.45) is 0. The highest BCUT2D eigenvalue weighted by molar-refractivity contribution is 9.10. The van der Waals surface area contributed by atoms with E-state index in [1.807, 2.05) is 6.07 Å². The van der Waals surface area contributed by atoms with Crippen LogP contribution >= 0.6 is 27.3 Å². The number of thiophene rings is 1.